The van der Waals surface area contributed by atoms with E-state index in [0.717, 1.165) is 30.2 Å². The highest BCUT2D eigenvalue weighted by molar-refractivity contribution is 5.05. The molecule has 0 aromatic carbocycles. The molecule has 24 heavy (non-hydrogen) atoms. The first-order valence-corrected chi connectivity index (χ1v) is 8.58. The maximum atomic E-state index is 10.3. The maximum absolute atomic E-state index is 10.3. The van der Waals surface area contributed by atoms with Crippen LogP contribution in [0, 0.1) is 12.8 Å². The SMILES string of the molecule is Cc1ccc(CN(CCC(C)C)C[C@H](O)COCc2ccco2)o1. The predicted molar refractivity (Wildman–Crippen MR) is 92.5 cm³/mol. The minimum Gasteiger partial charge on any atom is -0.467 e. The number of aliphatic hydroxyl groups is 1. The summed E-state index contributed by atoms with van der Waals surface area (Å²) in [6, 6.07) is 7.66. The molecule has 5 nitrogen and oxygen atoms in total. The van der Waals surface area contributed by atoms with Crippen molar-refractivity contribution in [2.45, 2.75) is 46.4 Å². The van der Waals surface area contributed by atoms with Crippen molar-refractivity contribution in [3.8, 4) is 0 Å². The molecule has 2 aromatic heterocycles. The van der Waals surface area contributed by atoms with Gasteiger partial charge in [-0.3, -0.25) is 4.90 Å². The molecule has 2 heterocycles. The normalized spacial score (nSPS) is 13.1. The molecule has 1 atom stereocenters. The monoisotopic (exact) mass is 335 g/mol. The van der Waals surface area contributed by atoms with Gasteiger partial charge in [-0.05, 0) is 50.1 Å². The van der Waals surface area contributed by atoms with Gasteiger partial charge in [0.25, 0.3) is 0 Å². The van der Waals surface area contributed by atoms with Crippen LogP contribution in [-0.2, 0) is 17.9 Å². The van der Waals surface area contributed by atoms with E-state index < -0.39 is 6.10 Å². The van der Waals surface area contributed by atoms with E-state index in [1.54, 1.807) is 6.26 Å². The van der Waals surface area contributed by atoms with Crippen LogP contribution >= 0.6 is 0 Å². The highest BCUT2D eigenvalue weighted by Crippen LogP contribution is 2.12. The van der Waals surface area contributed by atoms with E-state index in [0.29, 0.717) is 25.6 Å². The van der Waals surface area contributed by atoms with Gasteiger partial charge in [-0.2, -0.15) is 0 Å². The second-order valence-corrected chi connectivity index (χ2v) is 6.68. The van der Waals surface area contributed by atoms with Gasteiger partial charge in [0.05, 0.1) is 25.5 Å². The molecule has 0 saturated heterocycles. The lowest BCUT2D eigenvalue weighted by Crippen LogP contribution is -2.35. The van der Waals surface area contributed by atoms with Gasteiger partial charge < -0.3 is 18.7 Å². The molecular weight excluding hydrogens is 306 g/mol. The predicted octanol–water partition coefficient (Wildman–Crippen LogP) is 3.61. The largest absolute Gasteiger partial charge is 0.467 e. The molecular formula is C19H29NO4. The number of nitrogens with zero attached hydrogens (tertiary/aromatic N) is 1. The topological polar surface area (TPSA) is 59.0 Å². The van der Waals surface area contributed by atoms with Crippen molar-refractivity contribution in [1.82, 2.24) is 4.90 Å². The summed E-state index contributed by atoms with van der Waals surface area (Å²) in [7, 11) is 0. The van der Waals surface area contributed by atoms with Gasteiger partial charge in [-0.25, -0.2) is 0 Å². The van der Waals surface area contributed by atoms with Gasteiger partial charge >= 0.3 is 0 Å². The van der Waals surface area contributed by atoms with Crippen LogP contribution in [0.2, 0.25) is 0 Å². The van der Waals surface area contributed by atoms with Crippen molar-refractivity contribution in [2.75, 3.05) is 19.7 Å². The Balaban J connectivity index is 1.78. The van der Waals surface area contributed by atoms with E-state index in [-0.39, 0.29) is 6.61 Å². The number of furan rings is 2. The van der Waals surface area contributed by atoms with Crippen LogP contribution in [0.15, 0.2) is 39.4 Å². The molecule has 0 unspecified atom stereocenters. The van der Waals surface area contributed by atoms with Crippen molar-refractivity contribution >= 4 is 0 Å². The maximum Gasteiger partial charge on any atom is 0.129 e. The van der Waals surface area contributed by atoms with E-state index in [4.69, 9.17) is 13.6 Å². The molecule has 0 aliphatic rings. The Morgan fingerprint density at radius 1 is 1.21 bits per heavy atom. The summed E-state index contributed by atoms with van der Waals surface area (Å²) >= 11 is 0. The molecule has 5 heteroatoms. The number of hydrogen-bond acceptors (Lipinski definition) is 5. The molecule has 0 spiro atoms. The Labute approximate surface area is 144 Å². The Hall–Kier alpha value is -1.56. The minimum absolute atomic E-state index is 0.288. The Morgan fingerprint density at radius 3 is 2.67 bits per heavy atom. The van der Waals surface area contributed by atoms with Crippen LogP contribution in [0.25, 0.3) is 0 Å². The van der Waals surface area contributed by atoms with Crippen LogP contribution in [-0.4, -0.2) is 35.8 Å². The molecule has 0 fully saturated rings. The van der Waals surface area contributed by atoms with Crippen LogP contribution in [0.5, 0.6) is 0 Å². The first kappa shape index (κ1) is 18.8. The lowest BCUT2D eigenvalue weighted by atomic mass is 10.1. The van der Waals surface area contributed by atoms with Gasteiger partial charge in [0.2, 0.25) is 0 Å². The number of ether oxygens (including phenoxy) is 1. The summed E-state index contributed by atoms with van der Waals surface area (Å²) in [5.41, 5.74) is 0. The molecule has 0 radical (unpaired) electrons. The fourth-order valence-electron chi connectivity index (χ4n) is 2.51. The summed E-state index contributed by atoms with van der Waals surface area (Å²) in [4.78, 5) is 2.22. The molecule has 2 aromatic rings. The summed E-state index contributed by atoms with van der Waals surface area (Å²) in [5, 5.41) is 10.3. The van der Waals surface area contributed by atoms with E-state index in [2.05, 4.69) is 18.7 Å². The zero-order chi connectivity index (χ0) is 17.4. The highest BCUT2D eigenvalue weighted by atomic mass is 16.5. The molecule has 1 N–H and O–H groups in total. The fraction of sp³-hybridized carbons (Fsp3) is 0.579. The zero-order valence-electron chi connectivity index (χ0n) is 14.9. The standard InChI is InChI=1S/C19H29NO4/c1-15(2)8-9-20(12-18-7-6-16(3)24-18)11-17(21)13-22-14-19-5-4-10-23-19/h4-7,10,15,17,21H,8-9,11-14H2,1-3H3/t17-/m0/s1. The Bertz CT molecular complexity index is 562. The summed E-state index contributed by atoms with van der Waals surface area (Å²) in [6.07, 6.45) is 2.16. The fourth-order valence-corrected chi connectivity index (χ4v) is 2.51. The summed E-state index contributed by atoms with van der Waals surface area (Å²) in [6.45, 7) is 9.21. The van der Waals surface area contributed by atoms with E-state index >= 15 is 0 Å². The number of hydrogen-bond donors (Lipinski definition) is 1. The zero-order valence-corrected chi connectivity index (χ0v) is 14.9. The van der Waals surface area contributed by atoms with E-state index in [1.807, 2.05) is 31.2 Å². The Kier molecular flexibility index (Phi) is 7.56. The summed E-state index contributed by atoms with van der Waals surface area (Å²) in [5.74, 6) is 3.24. The second kappa shape index (κ2) is 9.67. The third kappa shape index (κ3) is 6.91. The molecule has 0 aliphatic carbocycles. The van der Waals surface area contributed by atoms with Gasteiger partial charge in [0, 0.05) is 6.54 Å². The third-order valence-electron chi connectivity index (χ3n) is 3.80. The molecule has 134 valence electrons. The lowest BCUT2D eigenvalue weighted by molar-refractivity contribution is 0.00236. The second-order valence-electron chi connectivity index (χ2n) is 6.68. The molecule has 0 bridgehead atoms. The van der Waals surface area contributed by atoms with Crippen LogP contribution in [0.4, 0.5) is 0 Å². The number of aliphatic hydroxyl groups excluding tert-OH is 1. The quantitative estimate of drug-likeness (QED) is 0.680. The molecule has 2 rings (SSSR count). The van der Waals surface area contributed by atoms with Crippen molar-refractivity contribution in [3.63, 3.8) is 0 Å². The van der Waals surface area contributed by atoms with E-state index in [9.17, 15) is 5.11 Å². The van der Waals surface area contributed by atoms with Gasteiger partial charge in [-0.1, -0.05) is 13.8 Å². The van der Waals surface area contributed by atoms with Crippen molar-refractivity contribution in [1.29, 1.82) is 0 Å². The highest BCUT2D eigenvalue weighted by Gasteiger charge is 2.15. The molecule has 0 aliphatic heterocycles. The van der Waals surface area contributed by atoms with Gasteiger partial charge in [-0.15, -0.1) is 0 Å². The van der Waals surface area contributed by atoms with Crippen LogP contribution in [0.3, 0.4) is 0 Å². The van der Waals surface area contributed by atoms with Gasteiger partial charge in [0.1, 0.15) is 23.9 Å². The first-order chi connectivity index (χ1) is 11.5. The van der Waals surface area contributed by atoms with Crippen molar-refractivity contribution < 1.29 is 18.7 Å². The molecule has 0 amide bonds. The third-order valence-corrected chi connectivity index (χ3v) is 3.80. The van der Waals surface area contributed by atoms with Crippen LogP contribution < -0.4 is 0 Å². The number of aryl methyl sites for hydroxylation is 1. The van der Waals surface area contributed by atoms with E-state index in [1.165, 1.54) is 0 Å². The molecule has 0 saturated carbocycles. The van der Waals surface area contributed by atoms with Crippen molar-refractivity contribution in [2.24, 2.45) is 5.92 Å². The first-order valence-electron chi connectivity index (χ1n) is 8.58. The van der Waals surface area contributed by atoms with Crippen LogP contribution in [0.1, 0.15) is 37.5 Å². The number of rotatable bonds is 11. The Morgan fingerprint density at radius 2 is 2.04 bits per heavy atom. The average Bonchev–Trinajstić information content (AvgIpc) is 3.16. The smallest absolute Gasteiger partial charge is 0.129 e. The summed E-state index contributed by atoms with van der Waals surface area (Å²) < 4.78 is 16.4. The average molecular weight is 335 g/mol. The minimum atomic E-state index is -0.539. The van der Waals surface area contributed by atoms with Crippen molar-refractivity contribution in [3.05, 3.63) is 47.8 Å². The van der Waals surface area contributed by atoms with Gasteiger partial charge in [0.15, 0.2) is 0 Å². The lowest BCUT2D eigenvalue weighted by Gasteiger charge is -2.25.